The maximum atomic E-state index is 13.2. The molecule has 8 heteroatoms. The molecule has 0 spiro atoms. The van der Waals surface area contributed by atoms with E-state index in [0.29, 0.717) is 24.0 Å². The maximum Gasteiger partial charge on any atom is 0.253 e. The topological polar surface area (TPSA) is 68.7 Å². The number of fused-ring (bicyclic) bond motifs is 1. The molecule has 3 atom stereocenters. The third-order valence-corrected chi connectivity index (χ3v) is 8.74. The van der Waals surface area contributed by atoms with Gasteiger partial charge >= 0.3 is 0 Å². The summed E-state index contributed by atoms with van der Waals surface area (Å²) >= 11 is 1.27. The molecule has 2 saturated heterocycles. The first kappa shape index (κ1) is 19.0. The molecular formula is C19H24N2O4S2. The summed E-state index contributed by atoms with van der Waals surface area (Å²) in [5, 5.41) is 1.82. The van der Waals surface area contributed by atoms with Crippen molar-refractivity contribution in [3.8, 4) is 0 Å². The molecule has 0 amide bonds. The van der Waals surface area contributed by atoms with Crippen LogP contribution in [0.15, 0.2) is 33.9 Å². The van der Waals surface area contributed by atoms with Crippen LogP contribution in [0.4, 0.5) is 0 Å². The highest BCUT2D eigenvalue weighted by molar-refractivity contribution is 7.91. The van der Waals surface area contributed by atoms with E-state index >= 15 is 0 Å². The van der Waals surface area contributed by atoms with Crippen molar-refractivity contribution in [2.45, 2.75) is 55.8 Å². The second-order valence-electron chi connectivity index (χ2n) is 7.13. The molecule has 0 saturated carbocycles. The molecule has 2 aromatic heterocycles. The standard InChI is InChI=1S/C19H24N2O4S2/c1-13-8-10-26-19(13)27(22,23)21-11-17(18-16(21)7-4-9-24-18)25-12-15-6-3-5-14(2)20-15/h3,5-6,8,10,16-18H,4,7,9,11-12H2,1-2H3/t16-,17-,18+/m1/s1. The minimum Gasteiger partial charge on any atom is -0.374 e. The van der Waals surface area contributed by atoms with Crippen molar-refractivity contribution < 1.29 is 17.9 Å². The first-order valence-electron chi connectivity index (χ1n) is 9.18. The second-order valence-corrected chi connectivity index (χ2v) is 10.1. The van der Waals surface area contributed by atoms with E-state index in [2.05, 4.69) is 4.98 Å². The van der Waals surface area contributed by atoms with Crippen LogP contribution in [0.2, 0.25) is 0 Å². The number of rotatable bonds is 5. The van der Waals surface area contributed by atoms with E-state index in [4.69, 9.17) is 9.47 Å². The lowest BCUT2D eigenvalue weighted by Gasteiger charge is -2.31. The third kappa shape index (κ3) is 3.69. The largest absolute Gasteiger partial charge is 0.374 e. The molecule has 2 aromatic rings. The van der Waals surface area contributed by atoms with Gasteiger partial charge < -0.3 is 9.47 Å². The van der Waals surface area contributed by atoms with Gasteiger partial charge in [0.15, 0.2) is 0 Å². The monoisotopic (exact) mass is 408 g/mol. The van der Waals surface area contributed by atoms with Crippen LogP contribution >= 0.6 is 11.3 Å². The fourth-order valence-electron chi connectivity index (χ4n) is 3.89. The Labute approximate surface area is 164 Å². The summed E-state index contributed by atoms with van der Waals surface area (Å²) in [7, 11) is -3.54. The zero-order chi connectivity index (χ0) is 19.0. The number of aromatic nitrogens is 1. The lowest BCUT2D eigenvalue weighted by atomic mass is 10.0. The zero-order valence-electron chi connectivity index (χ0n) is 15.5. The van der Waals surface area contributed by atoms with Gasteiger partial charge in [0.05, 0.1) is 24.4 Å². The summed E-state index contributed by atoms with van der Waals surface area (Å²) in [5.74, 6) is 0. The van der Waals surface area contributed by atoms with Crippen LogP contribution in [0, 0.1) is 13.8 Å². The summed E-state index contributed by atoms with van der Waals surface area (Å²) in [4.78, 5) is 4.46. The van der Waals surface area contributed by atoms with Crippen molar-refractivity contribution in [1.82, 2.24) is 9.29 Å². The molecule has 2 aliphatic heterocycles. The lowest BCUT2D eigenvalue weighted by Crippen LogP contribution is -2.43. The molecule has 0 unspecified atom stereocenters. The predicted molar refractivity (Wildman–Crippen MR) is 103 cm³/mol. The average Bonchev–Trinajstić information content (AvgIpc) is 3.24. The molecular weight excluding hydrogens is 384 g/mol. The predicted octanol–water partition coefficient (Wildman–Crippen LogP) is 2.90. The van der Waals surface area contributed by atoms with Gasteiger partial charge in [0.1, 0.15) is 10.3 Å². The zero-order valence-corrected chi connectivity index (χ0v) is 17.1. The van der Waals surface area contributed by atoms with Crippen LogP contribution in [0.5, 0.6) is 0 Å². The van der Waals surface area contributed by atoms with Crippen molar-refractivity contribution in [1.29, 1.82) is 0 Å². The van der Waals surface area contributed by atoms with Crippen molar-refractivity contribution in [2.24, 2.45) is 0 Å². The Kier molecular flexibility index (Phi) is 5.35. The Morgan fingerprint density at radius 2 is 2.19 bits per heavy atom. The van der Waals surface area contributed by atoms with Crippen LogP contribution in [0.25, 0.3) is 0 Å². The molecule has 146 valence electrons. The van der Waals surface area contributed by atoms with E-state index in [9.17, 15) is 8.42 Å². The molecule has 27 heavy (non-hydrogen) atoms. The number of thiophene rings is 1. The Balaban J connectivity index is 1.55. The number of ether oxygens (including phenoxy) is 2. The summed E-state index contributed by atoms with van der Waals surface area (Å²) in [6.07, 6.45) is 1.16. The SMILES string of the molecule is Cc1cccc(CO[C@@H]2CN(S(=O)(=O)c3sccc3C)[C@@H]3CCCO[C@@H]32)n1. The van der Waals surface area contributed by atoms with Gasteiger partial charge in [0.2, 0.25) is 0 Å². The smallest absolute Gasteiger partial charge is 0.253 e. The van der Waals surface area contributed by atoms with Crippen LogP contribution < -0.4 is 0 Å². The summed E-state index contributed by atoms with van der Waals surface area (Å²) in [6.45, 7) is 5.10. The van der Waals surface area contributed by atoms with Gasteiger partial charge in [-0.15, -0.1) is 11.3 Å². The van der Waals surface area contributed by atoms with Crippen LogP contribution in [-0.4, -0.2) is 49.1 Å². The number of hydrogen-bond acceptors (Lipinski definition) is 6. The minimum atomic E-state index is -3.54. The summed E-state index contributed by atoms with van der Waals surface area (Å²) in [5.41, 5.74) is 2.58. The van der Waals surface area contributed by atoms with Crippen molar-refractivity contribution in [2.75, 3.05) is 13.2 Å². The molecule has 0 aromatic carbocycles. The van der Waals surface area contributed by atoms with Crippen molar-refractivity contribution in [3.05, 3.63) is 46.6 Å². The molecule has 2 aliphatic rings. The molecule has 2 fully saturated rings. The second kappa shape index (κ2) is 7.60. The third-order valence-electron chi connectivity index (χ3n) is 5.18. The normalized spacial score (nSPS) is 26.2. The van der Waals surface area contributed by atoms with E-state index in [1.54, 1.807) is 4.31 Å². The molecule has 0 bridgehead atoms. The highest BCUT2D eigenvalue weighted by atomic mass is 32.2. The van der Waals surface area contributed by atoms with E-state index in [0.717, 1.165) is 29.8 Å². The first-order valence-corrected chi connectivity index (χ1v) is 11.5. The number of nitrogens with zero attached hydrogens (tertiary/aromatic N) is 2. The molecule has 4 rings (SSSR count). The molecule has 0 N–H and O–H groups in total. The number of aryl methyl sites for hydroxylation is 2. The Bertz CT molecular complexity index is 912. The van der Waals surface area contributed by atoms with Crippen molar-refractivity contribution in [3.63, 3.8) is 0 Å². The lowest BCUT2D eigenvalue weighted by molar-refractivity contribution is -0.0807. The van der Waals surface area contributed by atoms with Gasteiger partial charge in [-0.2, -0.15) is 4.31 Å². The van der Waals surface area contributed by atoms with E-state index in [1.165, 1.54) is 11.3 Å². The molecule has 0 aliphatic carbocycles. The highest BCUT2D eigenvalue weighted by Gasteiger charge is 2.50. The average molecular weight is 409 g/mol. The summed E-state index contributed by atoms with van der Waals surface area (Å²) in [6, 6.07) is 7.49. The number of sulfonamides is 1. The molecule has 4 heterocycles. The Hall–Kier alpha value is -1.32. The van der Waals surface area contributed by atoms with Crippen LogP contribution in [0.1, 0.15) is 29.8 Å². The van der Waals surface area contributed by atoms with Gasteiger partial charge in [-0.1, -0.05) is 6.07 Å². The van der Waals surface area contributed by atoms with Gasteiger partial charge in [-0.3, -0.25) is 4.98 Å². The quantitative estimate of drug-likeness (QED) is 0.761. The van der Waals surface area contributed by atoms with Gasteiger partial charge in [0.25, 0.3) is 10.0 Å². The highest BCUT2D eigenvalue weighted by Crippen LogP contribution is 2.37. The minimum absolute atomic E-state index is 0.166. The fourth-order valence-corrected chi connectivity index (χ4v) is 7.10. The molecule has 0 radical (unpaired) electrons. The van der Waals surface area contributed by atoms with Crippen LogP contribution in [-0.2, 0) is 26.1 Å². The first-order chi connectivity index (χ1) is 13.0. The number of hydrogen-bond donors (Lipinski definition) is 0. The number of pyridine rings is 1. The van der Waals surface area contributed by atoms with Crippen molar-refractivity contribution >= 4 is 21.4 Å². The molecule has 6 nitrogen and oxygen atoms in total. The van der Waals surface area contributed by atoms with E-state index in [-0.39, 0.29) is 18.2 Å². The van der Waals surface area contributed by atoms with Gasteiger partial charge in [-0.05, 0) is 55.8 Å². The van der Waals surface area contributed by atoms with E-state index < -0.39 is 10.0 Å². The van der Waals surface area contributed by atoms with E-state index in [1.807, 2.05) is 43.5 Å². The van der Waals surface area contributed by atoms with Crippen LogP contribution in [0.3, 0.4) is 0 Å². The van der Waals surface area contributed by atoms with Gasteiger partial charge in [-0.25, -0.2) is 8.42 Å². The summed E-state index contributed by atoms with van der Waals surface area (Å²) < 4.78 is 40.6. The Morgan fingerprint density at radius 3 is 2.93 bits per heavy atom. The maximum absolute atomic E-state index is 13.2. The van der Waals surface area contributed by atoms with Gasteiger partial charge in [0, 0.05) is 18.8 Å². The fraction of sp³-hybridized carbons (Fsp3) is 0.526. The Morgan fingerprint density at radius 1 is 1.33 bits per heavy atom.